The number of amides is 2. The van der Waals surface area contributed by atoms with Gasteiger partial charge in [0.25, 0.3) is 5.91 Å². The average molecular weight is 405 g/mol. The van der Waals surface area contributed by atoms with Crippen LogP contribution >= 0.6 is 0 Å². The maximum Gasteiger partial charge on any atom is 0.253 e. The van der Waals surface area contributed by atoms with Crippen LogP contribution in [0.25, 0.3) is 0 Å². The molecule has 0 aliphatic carbocycles. The minimum Gasteiger partial charge on any atom is -0.339 e. The van der Waals surface area contributed by atoms with E-state index in [2.05, 4.69) is 5.32 Å². The lowest BCUT2D eigenvalue weighted by molar-refractivity contribution is -0.121. The number of benzene rings is 2. The van der Waals surface area contributed by atoms with Crippen LogP contribution in [0.4, 0.5) is 10.1 Å². The molecule has 1 aliphatic heterocycles. The summed E-state index contributed by atoms with van der Waals surface area (Å²) in [6.45, 7) is 0.801. The van der Waals surface area contributed by atoms with Crippen molar-refractivity contribution in [3.63, 3.8) is 0 Å². The second-order valence-electron chi connectivity index (χ2n) is 6.64. The van der Waals surface area contributed by atoms with E-state index in [0.717, 1.165) is 0 Å². The lowest BCUT2D eigenvalue weighted by Crippen LogP contribution is -2.41. The zero-order valence-corrected chi connectivity index (χ0v) is 15.8. The summed E-state index contributed by atoms with van der Waals surface area (Å²) in [4.78, 5) is 26.4. The Balaban J connectivity index is 1.56. The predicted octanol–water partition coefficient (Wildman–Crippen LogP) is 1.96. The number of hydrogen-bond donors (Lipinski definition) is 2. The summed E-state index contributed by atoms with van der Waals surface area (Å²) in [5.74, 6) is -1.18. The minimum absolute atomic E-state index is 0.0327. The number of rotatable bonds is 4. The number of halogens is 1. The number of carbonyl (C=O) groups is 2. The maximum atomic E-state index is 13.3. The summed E-state index contributed by atoms with van der Waals surface area (Å²) >= 11 is 0. The molecule has 3 rings (SSSR count). The van der Waals surface area contributed by atoms with Gasteiger partial charge in [-0.25, -0.2) is 17.9 Å². The van der Waals surface area contributed by atoms with Gasteiger partial charge in [-0.05, 0) is 55.3 Å². The second kappa shape index (κ2) is 8.07. The third kappa shape index (κ3) is 4.73. The Morgan fingerprint density at radius 1 is 1.07 bits per heavy atom. The topological polar surface area (TPSA) is 110 Å². The molecule has 3 N–H and O–H groups in total. The van der Waals surface area contributed by atoms with E-state index >= 15 is 0 Å². The largest absolute Gasteiger partial charge is 0.339 e. The van der Waals surface area contributed by atoms with E-state index in [1.807, 2.05) is 0 Å². The van der Waals surface area contributed by atoms with E-state index in [9.17, 15) is 22.4 Å². The Kier molecular flexibility index (Phi) is 5.76. The highest BCUT2D eigenvalue weighted by atomic mass is 32.2. The lowest BCUT2D eigenvalue weighted by Gasteiger charge is -2.31. The van der Waals surface area contributed by atoms with Gasteiger partial charge in [0.05, 0.1) is 4.90 Å². The van der Waals surface area contributed by atoms with Crippen LogP contribution < -0.4 is 10.5 Å². The monoisotopic (exact) mass is 405 g/mol. The van der Waals surface area contributed by atoms with E-state index < -0.39 is 15.8 Å². The number of primary sulfonamides is 1. The van der Waals surface area contributed by atoms with Crippen molar-refractivity contribution in [3.05, 3.63) is 59.9 Å². The van der Waals surface area contributed by atoms with E-state index in [1.54, 1.807) is 11.0 Å². The number of nitrogens with two attached hydrogens (primary N) is 1. The van der Waals surface area contributed by atoms with Gasteiger partial charge in [0.1, 0.15) is 5.82 Å². The smallest absolute Gasteiger partial charge is 0.253 e. The van der Waals surface area contributed by atoms with Gasteiger partial charge in [-0.1, -0.05) is 6.07 Å². The summed E-state index contributed by atoms with van der Waals surface area (Å²) in [5, 5.41) is 7.79. The van der Waals surface area contributed by atoms with Crippen LogP contribution in [0.1, 0.15) is 23.2 Å². The summed E-state index contributed by atoms with van der Waals surface area (Å²) in [5.41, 5.74) is 0.758. The quantitative estimate of drug-likeness (QED) is 0.810. The van der Waals surface area contributed by atoms with Gasteiger partial charge in [-0.3, -0.25) is 9.59 Å². The number of nitrogens with one attached hydrogen (secondary N) is 1. The first-order chi connectivity index (χ1) is 13.2. The first-order valence-corrected chi connectivity index (χ1v) is 10.3. The first-order valence-electron chi connectivity index (χ1n) is 8.72. The molecule has 1 fully saturated rings. The van der Waals surface area contributed by atoms with Gasteiger partial charge in [-0.2, -0.15) is 0 Å². The Morgan fingerprint density at radius 2 is 1.71 bits per heavy atom. The first kappa shape index (κ1) is 20.0. The van der Waals surface area contributed by atoms with Crippen LogP contribution in [0, 0.1) is 11.7 Å². The van der Waals surface area contributed by atoms with E-state index in [4.69, 9.17) is 5.14 Å². The second-order valence-corrected chi connectivity index (χ2v) is 8.20. The number of likely N-dealkylation sites (tertiary alicyclic amines) is 1. The number of anilines is 1. The highest BCUT2D eigenvalue weighted by Crippen LogP contribution is 2.22. The molecule has 0 saturated carbocycles. The van der Waals surface area contributed by atoms with E-state index in [1.165, 1.54) is 42.5 Å². The van der Waals surface area contributed by atoms with Crippen molar-refractivity contribution < 1.29 is 22.4 Å². The molecule has 0 atom stereocenters. The highest BCUT2D eigenvalue weighted by molar-refractivity contribution is 7.89. The molecule has 1 aliphatic rings. The van der Waals surface area contributed by atoms with Crippen molar-refractivity contribution in [3.8, 4) is 0 Å². The van der Waals surface area contributed by atoms with Gasteiger partial charge in [-0.15, -0.1) is 0 Å². The molecule has 2 amide bonds. The number of nitrogens with zero attached hydrogens (tertiary/aromatic N) is 1. The predicted molar refractivity (Wildman–Crippen MR) is 101 cm³/mol. The van der Waals surface area contributed by atoms with Crippen molar-refractivity contribution in [2.45, 2.75) is 17.7 Å². The number of piperidine rings is 1. The van der Waals surface area contributed by atoms with Crippen LogP contribution in [-0.2, 0) is 14.8 Å². The molecule has 0 radical (unpaired) electrons. The summed E-state index contributed by atoms with van der Waals surface area (Å²) in [6.07, 6.45) is 0.976. The third-order valence-electron chi connectivity index (χ3n) is 4.67. The Morgan fingerprint density at radius 3 is 2.29 bits per heavy atom. The fraction of sp³-hybridized carbons (Fsp3) is 0.263. The molecule has 0 unspecified atom stereocenters. The molecule has 0 bridgehead atoms. The fourth-order valence-corrected chi connectivity index (χ4v) is 3.64. The number of hydrogen-bond acceptors (Lipinski definition) is 4. The number of sulfonamides is 1. The molecule has 0 aromatic heterocycles. The molecule has 2 aromatic rings. The zero-order valence-electron chi connectivity index (χ0n) is 15.0. The Bertz CT molecular complexity index is 984. The van der Waals surface area contributed by atoms with Crippen molar-refractivity contribution >= 4 is 27.5 Å². The summed E-state index contributed by atoms with van der Waals surface area (Å²) in [7, 11) is -3.78. The SMILES string of the molecule is NS(=O)(=O)c1ccc(NC(=O)C2CCN(C(=O)c3cccc(F)c3)CC2)cc1. The average Bonchev–Trinajstić information content (AvgIpc) is 2.67. The van der Waals surface area contributed by atoms with Crippen LogP contribution in [0.3, 0.4) is 0 Å². The molecular weight excluding hydrogens is 385 g/mol. The van der Waals surface area contributed by atoms with Gasteiger partial charge < -0.3 is 10.2 Å². The molecule has 148 valence electrons. The van der Waals surface area contributed by atoms with Gasteiger partial charge in [0.2, 0.25) is 15.9 Å². The van der Waals surface area contributed by atoms with Crippen molar-refractivity contribution in [1.82, 2.24) is 4.90 Å². The zero-order chi connectivity index (χ0) is 20.3. The molecule has 28 heavy (non-hydrogen) atoms. The van der Waals surface area contributed by atoms with Crippen LogP contribution in [0.5, 0.6) is 0 Å². The number of carbonyl (C=O) groups excluding carboxylic acids is 2. The third-order valence-corrected chi connectivity index (χ3v) is 5.60. The minimum atomic E-state index is -3.78. The fourth-order valence-electron chi connectivity index (χ4n) is 3.12. The van der Waals surface area contributed by atoms with Crippen LogP contribution in [0.2, 0.25) is 0 Å². The molecule has 7 nitrogen and oxygen atoms in total. The lowest BCUT2D eigenvalue weighted by atomic mass is 9.95. The standard InChI is InChI=1S/C19H20FN3O4S/c20-15-3-1-2-14(12-15)19(25)23-10-8-13(9-11-23)18(24)22-16-4-6-17(7-5-16)28(21,26)27/h1-7,12-13H,8-11H2,(H,22,24)(H2,21,26,27). The van der Waals surface area contributed by atoms with Crippen LogP contribution in [-0.4, -0.2) is 38.2 Å². The summed E-state index contributed by atoms with van der Waals surface area (Å²) < 4.78 is 35.8. The highest BCUT2D eigenvalue weighted by Gasteiger charge is 2.28. The Hall–Kier alpha value is -2.78. The van der Waals surface area contributed by atoms with Crippen molar-refractivity contribution in [1.29, 1.82) is 0 Å². The molecule has 1 saturated heterocycles. The molecule has 0 spiro atoms. The molecule has 2 aromatic carbocycles. The molecule has 1 heterocycles. The van der Waals surface area contributed by atoms with Crippen LogP contribution in [0.15, 0.2) is 53.4 Å². The van der Waals surface area contributed by atoms with Crippen molar-refractivity contribution in [2.24, 2.45) is 11.1 Å². The van der Waals surface area contributed by atoms with E-state index in [-0.39, 0.29) is 28.2 Å². The Labute approximate surface area is 162 Å². The van der Waals surface area contributed by atoms with Gasteiger partial charge in [0.15, 0.2) is 0 Å². The molecule has 9 heteroatoms. The molecular formula is C19H20FN3O4S. The van der Waals surface area contributed by atoms with Gasteiger partial charge in [0, 0.05) is 30.3 Å². The van der Waals surface area contributed by atoms with E-state index in [0.29, 0.717) is 31.6 Å². The van der Waals surface area contributed by atoms with Gasteiger partial charge >= 0.3 is 0 Å². The summed E-state index contributed by atoms with van der Waals surface area (Å²) in [6, 6.07) is 11.1. The maximum absolute atomic E-state index is 13.3. The van der Waals surface area contributed by atoms with Crippen molar-refractivity contribution in [2.75, 3.05) is 18.4 Å². The normalized spacial score (nSPS) is 15.3.